The third-order valence-corrected chi connectivity index (χ3v) is 6.15. The lowest BCUT2D eigenvalue weighted by Gasteiger charge is -2.23. The summed E-state index contributed by atoms with van der Waals surface area (Å²) in [6.07, 6.45) is 0.928. The van der Waals surface area contributed by atoms with Gasteiger partial charge in [-0.3, -0.25) is 4.79 Å². The topological polar surface area (TPSA) is 50.4 Å². The number of benzene rings is 3. The average Bonchev–Trinajstić information content (AvgIpc) is 2.82. The molecule has 0 aliphatic carbocycles. The molecule has 3 aromatic carbocycles. The Hall–Kier alpha value is -3.18. The molecular weight excluding hydrogens is 452 g/mol. The zero-order valence-corrected chi connectivity index (χ0v) is 22.3. The molecule has 1 atom stereocenters. The molecule has 0 saturated carbocycles. The number of rotatable bonds is 8. The summed E-state index contributed by atoms with van der Waals surface area (Å²) >= 11 is 5.63. The van der Waals surface area contributed by atoms with E-state index in [2.05, 4.69) is 57.4 Å². The first-order chi connectivity index (χ1) is 16.6. The number of hydrogen-bond donors (Lipinski definition) is 2. The minimum Gasteiger partial charge on any atom is -0.497 e. The number of ketones is 1. The Kier molecular flexibility index (Phi) is 8.68. The largest absolute Gasteiger partial charge is 0.497 e. The van der Waals surface area contributed by atoms with Crippen molar-refractivity contribution in [1.82, 2.24) is 5.32 Å². The van der Waals surface area contributed by atoms with Crippen molar-refractivity contribution in [1.29, 1.82) is 0 Å². The summed E-state index contributed by atoms with van der Waals surface area (Å²) in [4.78, 5) is 13.1. The molecule has 3 aromatic rings. The van der Waals surface area contributed by atoms with E-state index in [0.29, 0.717) is 22.2 Å². The Morgan fingerprint density at radius 3 is 2.17 bits per heavy atom. The van der Waals surface area contributed by atoms with Gasteiger partial charge in [0.2, 0.25) is 0 Å². The number of nitrogens with one attached hydrogen (secondary N) is 2. The van der Waals surface area contributed by atoms with Crippen LogP contribution in [0.4, 0.5) is 5.69 Å². The van der Waals surface area contributed by atoms with Gasteiger partial charge < -0.3 is 15.4 Å². The maximum absolute atomic E-state index is 13.1. The van der Waals surface area contributed by atoms with Gasteiger partial charge in [0.25, 0.3) is 0 Å². The van der Waals surface area contributed by atoms with Crippen molar-refractivity contribution in [2.24, 2.45) is 5.92 Å². The molecule has 0 aromatic heterocycles. The van der Waals surface area contributed by atoms with Crippen LogP contribution in [0.1, 0.15) is 74.1 Å². The van der Waals surface area contributed by atoms with Crippen LogP contribution in [0.3, 0.4) is 0 Å². The maximum atomic E-state index is 13.1. The molecule has 0 radical (unpaired) electrons. The van der Waals surface area contributed by atoms with Gasteiger partial charge in [-0.05, 0) is 65.4 Å². The van der Waals surface area contributed by atoms with Gasteiger partial charge in [-0.15, -0.1) is 0 Å². The van der Waals surface area contributed by atoms with E-state index < -0.39 is 0 Å². The van der Waals surface area contributed by atoms with Crippen LogP contribution < -0.4 is 15.4 Å². The Morgan fingerprint density at radius 1 is 0.943 bits per heavy atom. The quantitative estimate of drug-likeness (QED) is 0.257. The second-order valence-electron chi connectivity index (χ2n) is 10.3. The number of hydrogen-bond acceptors (Lipinski definition) is 3. The second kappa shape index (κ2) is 11.5. The zero-order chi connectivity index (χ0) is 25.6. The Labute approximate surface area is 215 Å². The number of carbonyl (C=O) groups is 1. The van der Waals surface area contributed by atoms with E-state index in [-0.39, 0.29) is 17.2 Å². The fourth-order valence-corrected chi connectivity index (χ4v) is 4.20. The third kappa shape index (κ3) is 7.40. The predicted octanol–water partition coefficient (Wildman–Crippen LogP) is 7.30. The van der Waals surface area contributed by atoms with E-state index in [1.807, 2.05) is 60.7 Å². The lowest BCUT2D eigenvalue weighted by molar-refractivity contribution is 0.103. The number of anilines is 1. The molecule has 0 amide bonds. The summed E-state index contributed by atoms with van der Waals surface area (Å²) in [7, 11) is 1.66. The minimum atomic E-state index is -0.0103. The molecule has 1 unspecified atom stereocenters. The Bertz CT molecular complexity index is 1150. The molecule has 0 bridgehead atoms. The minimum absolute atomic E-state index is 0.0103. The maximum Gasteiger partial charge on any atom is 0.193 e. The third-order valence-electron chi connectivity index (χ3n) is 5.93. The first-order valence-corrected chi connectivity index (χ1v) is 12.4. The summed E-state index contributed by atoms with van der Waals surface area (Å²) in [6.45, 7) is 10.9. The molecular formula is C30H36N2O2S. The van der Waals surface area contributed by atoms with Crippen molar-refractivity contribution in [2.45, 2.75) is 52.5 Å². The van der Waals surface area contributed by atoms with E-state index in [4.69, 9.17) is 17.0 Å². The van der Waals surface area contributed by atoms with Gasteiger partial charge >= 0.3 is 0 Å². The number of methoxy groups -OCH3 is 1. The standard InChI is InChI=1S/C30H36N2O2S/c1-20(2)18-27(21-12-16-26(34-6)17-13-21)32-29(35)31-25-9-7-8-23(19-25)28(33)22-10-14-24(15-11-22)30(3,4)5/h7-17,19-20,27H,18H2,1-6H3,(H2,31,32,35). The van der Waals surface area contributed by atoms with Crippen molar-refractivity contribution in [3.05, 3.63) is 95.1 Å². The fourth-order valence-electron chi connectivity index (χ4n) is 3.94. The van der Waals surface area contributed by atoms with Crippen LogP contribution >= 0.6 is 12.2 Å². The smallest absolute Gasteiger partial charge is 0.193 e. The van der Waals surface area contributed by atoms with Crippen molar-refractivity contribution in [2.75, 3.05) is 12.4 Å². The zero-order valence-electron chi connectivity index (χ0n) is 21.5. The molecule has 0 spiro atoms. The van der Waals surface area contributed by atoms with Gasteiger partial charge in [-0.1, -0.05) is 83.1 Å². The van der Waals surface area contributed by atoms with Crippen LogP contribution in [-0.4, -0.2) is 18.0 Å². The van der Waals surface area contributed by atoms with Crippen molar-refractivity contribution in [3.8, 4) is 5.75 Å². The van der Waals surface area contributed by atoms with Gasteiger partial charge in [0.15, 0.2) is 10.9 Å². The lowest BCUT2D eigenvalue weighted by atomic mass is 9.86. The highest BCUT2D eigenvalue weighted by Crippen LogP contribution is 2.25. The molecule has 0 fully saturated rings. The van der Waals surface area contributed by atoms with Crippen LogP contribution in [0.25, 0.3) is 0 Å². The fraction of sp³-hybridized carbons (Fsp3) is 0.333. The highest BCUT2D eigenvalue weighted by Gasteiger charge is 2.17. The molecule has 0 aliphatic heterocycles. The predicted molar refractivity (Wildman–Crippen MR) is 150 cm³/mol. The SMILES string of the molecule is COc1ccc(C(CC(C)C)NC(=S)Nc2cccc(C(=O)c3ccc(C(C)(C)C)cc3)c2)cc1. The van der Waals surface area contributed by atoms with Gasteiger partial charge in [0, 0.05) is 16.8 Å². The van der Waals surface area contributed by atoms with Crippen LogP contribution in [0.5, 0.6) is 5.75 Å². The highest BCUT2D eigenvalue weighted by molar-refractivity contribution is 7.80. The molecule has 2 N–H and O–H groups in total. The normalized spacial score (nSPS) is 12.2. The first-order valence-electron chi connectivity index (χ1n) is 12.0. The van der Waals surface area contributed by atoms with Crippen LogP contribution in [0.15, 0.2) is 72.8 Å². The van der Waals surface area contributed by atoms with Crippen LogP contribution in [0.2, 0.25) is 0 Å². The number of ether oxygens (including phenoxy) is 1. The summed E-state index contributed by atoms with van der Waals surface area (Å²) in [5.41, 5.74) is 4.47. The molecule has 3 rings (SSSR count). The van der Waals surface area contributed by atoms with Gasteiger partial charge in [0.1, 0.15) is 5.75 Å². The Balaban J connectivity index is 1.71. The van der Waals surface area contributed by atoms with Crippen LogP contribution in [-0.2, 0) is 5.41 Å². The molecule has 184 valence electrons. The summed E-state index contributed by atoms with van der Waals surface area (Å²) in [5.74, 6) is 1.30. The van der Waals surface area contributed by atoms with Gasteiger partial charge in [-0.25, -0.2) is 0 Å². The van der Waals surface area contributed by atoms with E-state index in [1.54, 1.807) is 7.11 Å². The van der Waals surface area contributed by atoms with Crippen molar-refractivity contribution >= 4 is 28.8 Å². The molecule has 0 heterocycles. The monoisotopic (exact) mass is 488 g/mol. The molecule has 0 saturated heterocycles. The van der Waals surface area contributed by atoms with Gasteiger partial charge in [-0.2, -0.15) is 0 Å². The number of thiocarbonyl (C=S) groups is 1. The highest BCUT2D eigenvalue weighted by atomic mass is 32.1. The lowest BCUT2D eigenvalue weighted by Crippen LogP contribution is -2.33. The van der Waals surface area contributed by atoms with Gasteiger partial charge in [0.05, 0.1) is 13.2 Å². The first kappa shape index (κ1) is 26.4. The average molecular weight is 489 g/mol. The number of carbonyl (C=O) groups excluding carboxylic acids is 1. The summed E-state index contributed by atoms with van der Waals surface area (Å²) in [6, 6.07) is 23.4. The van der Waals surface area contributed by atoms with E-state index in [1.165, 1.54) is 5.56 Å². The van der Waals surface area contributed by atoms with Crippen molar-refractivity contribution < 1.29 is 9.53 Å². The molecule has 4 nitrogen and oxygen atoms in total. The van der Waals surface area contributed by atoms with E-state index >= 15 is 0 Å². The summed E-state index contributed by atoms with van der Waals surface area (Å²) < 4.78 is 5.29. The molecule has 35 heavy (non-hydrogen) atoms. The van der Waals surface area contributed by atoms with Crippen molar-refractivity contribution in [3.63, 3.8) is 0 Å². The molecule has 0 aliphatic rings. The van der Waals surface area contributed by atoms with E-state index in [0.717, 1.165) is 23.4 Å². The van der Waals surface area contributed by atoms with E-state index in [9.17, 15) is 4.79 Å². The van der Waals surface area contributed by atoms with Crippen LogP contribution in [0, 0.1) is 5.92 Å². The summed E-state index contributed by atoms with van der Waals surface area (Å²) in [5, 5.41) is 7.22. The molecule has 5 heteroatoms. The second-order valence-corrected chi connectivity index (χ2v) is 10.7. The Morgan fingerprint density at radius 2 is 1.60 bits per heavy atom.